The lowest BCUT2D eigenvalue weighted by Gasteiger charge is -2.38. The van der Waals surface area contributed by atoms with Gasteiger partial charge in [0.25, 0.3) is 0 Å². The molecule has 0 bridgehead atoms. The van der Waals surface area contributed by atoms with Gasteiger partial charge in [0.1, 0.15) is 11.6 Å². The molecule has 1 aliphatic rings. The lowest BCUT2D eigenvalue weighted by molar-refractivity contribution is -0.0996. The second kappa shape index (κ2) is 5.30. The van der Waals surface area contributed by atoms with E-state index in [2.05, 4.69) is 12.2 Å². The van der Waals surface area contributed by atoms with Crippen LogP contribution in [0, 0.1) is 17.0 Å². The van der Waals surface area contributed by atoms with Gasteiger partial charge in [0.15, 0.2) is 0 Å². The Morgan fingerprint density at radius 3 is 2.50 bits per heavy atom. The summed E-state index contributed by atoms with van der Waals surface area (Å²) in [5, 5.41) is 12.8. The molecule has 1 fully saturated rings. The van der Waals surface area contributed by atoms with Gasteiger partial charge in [0.05, 0.1) is 24.9 Å². The van der Waals surface area contributed by atoms with E-state index in [9.17, 15) is 13.9 Å². The molecule has 1 saturated heterocycles. The first kappa shape index (κ1) is 13.4. The molecule has 0 spiro atoms. The van der Waals surface area contributed by atoms with E-state index in [1.54, 1.807) is 0 Å². The number of ether oxygens (including phenoxy) is 1. The highest BCUT2D eigenvalue weighted by molar-refractivity contribution is 5.22. The van der Waals surface area contributed by atoms with E-state index in [1.165, 1.54) is 6.07 Å². The molecular formula is C13H17F2NO2. The van der Waals surface area contributed by atoms with Gasteiger partial charge in [0, 0.05) is 18.5 Å². The number of nitrogens with one attached hydrogen (secondary N) is 1. The molecule has 2 N–H and O–H groups in total. The third-order valence-corrected chi connectivity index (χ3v) is 3.12. The molecule has 1 unspecified atom stereocenters. The molecule has 2 rings (SSSR count). The fraction of sp³-hybridized carbons (Fsp3) is 0.538. The lowest BCUT2D eigenvalue weighted by atomic mass is 9.88. The van der Waals surface area contributed by atoms with Crippen LogP contribution >= 0.6 is 0 Å². The minimum atomic E-state index is -1.18. The number of aliphatic hydroxyl groups is 1. The molecule has 3 nitrogen and oxygen atoms in total. The Morgan fingerprint density at radius 2 is 2.00 bits per heavy atom. The average molecular weight is 257 g/mol. The number of hydrogen-bond acceptors (Lipinski definition) is 3. The number of aliphatic hydroxyl groups excluding tert-OH is 1. The van der Waals surface area contributed by atoms with Crippen LogP contribution in [-0.2, 0) is 4.74 Å². The first-order valence-electron chi connectivity index (χ1n) is 5.92. The van der Waals surface area contributed by atoms with Gasteiger partial charge in [-0.25, -0.2) is 8.78 Å². The van der Waals surface area contributed by atoms with Crippen molar-refractivity contribution >= 4 is 0 Å². The summed E-state index contributed by atoms with van der Waals surface area (Å²) in [5.74, 6) is -1.44. The summed E-state index contributed by atoms with van der Waals surface area (Å²) in [7, 11) is 0. The minimum absolute atomic E-state index is 0.0630. The molecule has 1 aromatic rings. The maximum Gasteiger partial charge on any atom is 0.131 e. The molecule has 0 saturated carbocycles. The summed E-state index contributed by atoms with van der Waals surface area (Å²) in [6, 6.07) is 3.56. The molecule has 5 heteroatoms. The summed E-state index contributed by atoms with van der Waals surface area (Å²) >= 11 is 0. The monoisotopic (exact) mass is 257 g/mol. The molecule has 1 aliphatic heterocycles. The molecule has 0 amide bonds. The quantitative estimate of drug-likeness (QED) is 0.842. The molecule has 1 aromatic carbocycles. The SMILES string of the molecule is CC1(CNCC(O)c2c(F)cccc2F)COC1. The van der Waals surface area contributed by atoms with Crippen LogP contribution in [-0.4, -0.2) is 31.4 Å². The largest absolute Gasteiger partial charge is 0.387 e. The fourth-order valence-corrected chi connectivity index (χ4v) is 1.99. The lowest BCUT2D eigenvalue weighted by Crippen LogP contribution is -2.48. The smallest absolute Gasteiger partial charge is 0.131 e. The van der Waals surface area contributed by atoms with Gasteiger partial charge in [-0.2, -0.15) is 0 Å². The molecule has 18 heavy (non-hydrogen) atoms. The maximum atomic E-state index is 13.4. The van der Waals surface area contributed by atoms with Crippen LogP contribution in [0.25, 0.3) is 0 Å². The summed E-state index contributed by atoms with van der Waals surface area (Å²) in [4.78, 5) is 0. The Balaban J connectivity index is 1.89. The van der Waals surface area contributed by atoms with Crippen LogP contribution in [0.4, 0.5) is 8.78 Å². The molecule has 0 radical (unpaired) electrons. The minimum Gasteiger partial charge on any atom is -0.387 e. The zero-order valence-electron chi connectivity index (χ0n) is 10.2. The second-order valence-corrected chi connectivity index (χ2v) is 5.09. The highest BCUT2D eigenvalue weighted by Crippen LogP contribution is 2.25. The Hall–Kier alpha value is -1.04. The van der Waals surface area contributed by atoms with Crippen molar-refractivity contribution in [3.63, 3.8) is 0 Å². The van der Waals surface area contributed by atoms with E-state index in [-0.39, 0.29) is 17.5 Å². The average Bonchev–Trinajstić information content (AvgIpc) is 2.26. The Morgan fingerprint density at radius 1 is 1.39 bits per heavy atom. The van der Waals surface area contributed by atoms with Crippen molar-refractivity contribution in [3.8, 4) is 0 Å². The Labute approximate surface area is 105 Å². The molecule has 100 valence electrons. The van der Waals surface area contributed by atoms with Gasteiger partial charge in [-0.15, -0.1) is 0 Å². The van der Waals surface area contributed by atoms with Gasteiger partial charge in [-0.1, -0.05) is 13.0 Å². The third kappa shape index (κ3) is 2.85. The van der Waals surface area contributed by atoms with Crippen LogP contribution in [0.1, 0.15) is 18.6 Å². The zero-order valence-corrected chi connectivity index (χ0v) is 10.2. The van der Waals surface area contributed by atoms with Crippen molar-refractivity contribution in [3.05, 3.63) is 35.4 Å². The highest BCUT2D eigenvalue weighted by Gasteiger charge is 2.33. The normalized spacial score (nSPS) is 19.3. The summed E-state index contributed by atoms with van der Waals surface area (Å²) in [5.41, 5.74) is -0.215. The number of hydrogen-bond donors (Lipinski definition) is 2. The van der Waals surface area contributed by atoms with Gasteiger partial charge in [-0.05, 0) is 12.1 Å². The van der Waals surface area contributed by atoms with E-state index in [0.29, 0.717) is 19.8 Å². The number of halogens is 2. The van der Waals surface area contributed by atoms with E-state index in [4.69, 9.17) is 4.74 Å². The van der Waals surface area contributed by atoms with Crippen molar-refractivity contribution < 1.29 is 18.6 Å². The van der Waals surface area contributed by atoms with Gasteiger partial charge >= 0.3 is 0 Å². The standard InChI is InChI=1S/C13H17F2NO2/c1-13(7-18-8-13)6-16-5-11(17)12-9(14)3-2-4-10(12)15/h2-4,11,16-17H,5-8H2,1H3. The molecule has 0 aromatic heterocycles. The predicted molar refractivity (Wildman–Crippen MR) is 63.1 cm³/mol. The first-order chi connectivity index (χ1) is 8.52. The van der Waals surface area contributed by atoms with E-state index in [1.807, 2.05) is 0 Å². The summed E-state index contributed by atoms with van der Waals surface area (Å²) in [6.07, 6.45) is -1.18. The van der Waals surface area contributed by atoms with Crippen molar-refractivity contribution in [2.45, 2.75) is 13.0 Å². The van der Waals surface area contributed by atoms with Crippen molar-refractivity contribution in [2.24, 2.45) is 5.41 Å². The predicted octanol–water partition coefficient (Wildman–Crippen LogP) is 1.62. The molecule has 1 heterocycles. The fourth-order valence-electron chi connectivity index (χ4n) is 1.99. The Bertz CT molecular complexity index is 401. The van der Waals surface area contributed by atoms with Gasteiger partial charge < -0.3 is 15.2 Å². The highest BCUT2D eigenvalue weighted by atomic mass is 19.1. The molecule has 0 aliphatic carbocycles. The van der Waals surface area contributed by atoms with Crippen molar-refractivity contribution in [2.75, 3.05) is 26.3 Å². The molecule has 1 atom stereocenters. The number of benzene rings is 1. The van der Waals surface area contributed by atoms with Gasteiger partial charge in [0.2, 0.25) is 0 Å². The van der Waals surface area contributed by atoms with Crippen LogP contribution in [0.3, 0.4) is 0 Å². The van der Waals surface area contributed by atoms with Crippen LogP contribution in [0.15, 0.2) is 18.2 Å². The van der Waals surface area contributed by atoms with Crippen LogP contribution in [0.2, 0.25) is 0 Å². The van der Waals surface area contributed by atoms with E-state index < -0.39 is 17.7 Å². The molecular weight excluding hydrogens is 240 g/mol. The van der Waals surface area contributed by atoms with E-state index in [0.717, 1.165) is 12.1 Å². The topological polar surface area (TPSA) is 41.5 Å². The van der Waals surface area contributed by atoms with Crippen molar-refractivity contribution in [1.82, 2.24) is 5.32 Å². The Kier molecular flexibility index (Phi) is 3.94. The summed E-state index contributed by atoms with van der Waals surface area (Å²) in [6.45, 7) is 4.17. The zero-order chi connectivity index (χ0) is 13.2. The van der Waals surface area contributed by atoms with Crippen LogP contribution in [0.5, 0.6) is 0 Å². The van der Waals surface area contributed by atoms with Gasteiger partial charge in [-0.3, -0.25) is 0 Å². The maximum absolute atomic E-state index is 13.4. The van der Waals surface area contributed by atoms with Crippen molar-refractivity contribution in [1.29, 1.82) is 0 Å². The van der Waals surface area contributed by atoms with Crippen LogP contribution < -0.4 is 5.32 Å². The summed E-state index contributed by atoms with van der Waals surface area (Å²) < 4.78 is 31.9. The first-order valence-corrected chi connectivity index (χ1v) is 5.92. The van der Waals surface area contributed by atoms with E-state index >= 15 is 0 Å². The number of rotatable bonds is 5. The second-order valence-electron chi connectivity index (χ2n) is 5.09. The third-order valence-electron chi connectivity index (χ3n) is 3.12.